The Morgan fingerprint density at radius 3 is 2.30 bits per heavy atom. The number of piperazine rings is 1. The maximum atomic E-state index is 12.8. The number of amides is 2. The van der Waals surface area contributed by atoms with Crippen molar-refractivity contribution in [3.63, 3.8) is 0 Å². The number of halogens is 3. The van der Waals surface area contributed by atoms with E-state index in [2.05, 4.69) is 0 Å². The van der Waals surface area contributed by atoms with E-state index < -0.39 is 64.2 Å². The Morgan fingerprint density at radius 2 is 1.70 bits per heavy atom. The molecular weight excluding hydrogens is 471 g/mol. The van der Waals surface area contributed by atoms with Crippen LogP contribution in [0.3, 0.4) is 0 Å². The fourth-order valence-electron chi connectivity index (χ4n) is 2.87. The predicted octanol–water partition coefficient (Wildman–Crippen LogP) is 1.22. The Labute approximate surface area is 188 Å². The average Bonchev–Trinajstić information content (AvgIpc) is 2.77. The minimum atomic E-state index is -4.70. The summed E-state index contributed by atoms with van der Waals surface area (Å²) in [4.78, 5) is 37.9. The Morgan fingerprint density at radius 1 is 1.06 bits per heavy atom. The zero-order valence-electron chi connectivity index (χ0n) is 17.8. The van der Waals surface area contributed by atoms with Crippen molar-refractivity contribution in [2.24, 2.45) is 0 Å². The van der Waals surface area contributed by atoms with Gasteiger partial charge in [-0.15, -0.1) is 0 Å². The van der Waals surface area contributed by atoms with Crippen LogP contribution in [0.2, 0.25) is 0 Å². The lowest BCUT2D eigenvalue weighted by molar-refractivity contribution is -0.152. The minimum absolute atomic E-state index is 0.240. The topological polar surface area (TPSA) is 122 Å². The number of benzene rings is 1. The van der Waals surface area contributed by atoms with Gasteiger partial charge in [0, 0.05) is 32.7 Å². The van der Waals surface area contributed by atoms with Gasteiger partial charge < -0.3 is 19.3 Å². The lowest BCUT2D eigenvalue weighted by atomic mass is 10.2. The number of esters is 1. The summed E-state index contributed by atoms with van der Waals surface area (Å²) >= 11 is 0. The van der Waals surface area contributed by atoms with Gasteiger partial charge in [0.15, 0.2) is 6.61 Å². The Bertz CT molecular complexity index is 962. The van der Waals surface area contributed by atoms with Gasteiger partial charge in [0.05, 0.1) is 23.5 Å². The molecular formula is C19H24F3N3O7S. The van der Waals surface area contributed by atoms with Crippen LogP contribution in [0.25, 0.3) is 0 Å². The standard InChI is InChI=1S/C19H24F3N3O7S/c1-2-31-18(28)25-10-8-24(9-11-25)16(26)13-32-17(27)6-7-23-33(29,30)15-5-3-4-14(12-15)19(20,21)22/h3-5,12,23H,2,6-11,13H2,1H3. The van der Waals surface area contributed by atoms with Crippen LogP contribution in [0.1, 0.15) is 18.9 Å². The molecule has 2 amide bonds. The lowest BCUT2D eigenvalue weighted by Crippen LogP contribution is -2.51. The molecule has 1 N–H and O–H groups in total. The first kappa shape index (κ1) is 26.4. The van der Waals surface area contributed by atoms with Crippen molar-refractivity contribution in [1.29, 1.82) is 0 Å². The molecule has 10 nitrogen and oxygen atoms in total. The highest BCUT2D eigenvalue weighted by molar-refractivity contribution is 7.89. The highest BCUT2D eigenvalue weighted by Crippen LogP contribution is 2.30. The first-order chi connectivity index (χ1) is 15.4. The third kappa shape index (κ3) is 7.89. The Hall–Kier alpha value is -2.87. The molecule has 1 aromatic carbocycles. The fourth-order valence-corrected chi connectivity index (χ4v) is 3.95. The van der Waals surface area contributed by atoms with Crippen LogP contribution < -0.4 is 4.72 Å². The molecule has 0 atom stereocenters. The number of hydrogen-bond acceptors (Lipinski definition) is 7. The number of carbonyl (C=O) groups excluding carboxylic acids is 3. The van der Waals surface area contributed by atoms with Crippen LogP contribution in [0.4, 0.5) is 18.0 Å². The molecule has 0 bridgehead atoms. The zero-order chi connectivity index (χ0) is 24.6. The summed E-state index contributed by atoms with van der Waals surface area (Å²) < 4.78 is 74.3. The summed E-state index contributed by atoms with van der Waals surface area (Å²) in [7, 11) is -4.28. The zero-order valence-corrected chi connectivity index (χ0v) is 18.6. The maximum absolute atomic E-state index is 12.8. The van der Waals surface area contributed by atoms with Crippen molar-refractivity contribution in [2.75, 3.05) is 45.9 Å². The van der Waals surface area contributed by atoms with Crippen molar-refractivity contribution in [3.8, 4) is 0 Å². The molecule has 14 heteroatoms. The molecule has 2 rings (SSSR count). The number of nitrogens with one attached hydrogen (secondary N) is 1. The molecule has 0 spiro atoms. The number of nitrogens with zero attached hydrogens (tertiary/aromatic N) is 2. The number of carbonyl (C=O) groups is 3. The molecule has 1 aromatic rings. The molecule has 0 unspecified atom stereocenters. The molecule has 0 radical (unpaired) electrons. The van der Waals surface area contributed by atoms with Gasteiger partial charge in [0.1, 0.15) is 0 Å². The second-order valence-electron chi connectivity index (χ2n) is 6.90. The van der Waals surface area contributed by atoms with Gasteiger partial charge in [0.2, 0.25) is 10.0 Å². The molecule has 0 aliphatic carbocycles. The van der Waals surface area contributed by atoms with Gasteiger partial charge >= 0.3 is 18.2 Å². The van der Waals surface area contributed by atoms with Crippen molar-refractivity contribution in [1.82, 2.24) is 14.5 Å². The van der Waals surface area contributed by atoms with E-state index in [9.17, 15) is 36.0 Å². The molecule has 1 aliphatic heterocycles. The molecule has 33 heavy (non-hydrogen) atoms. The summed E-state index contributed by atoms with van der Waals surface area (Å²) in [6, 6.07) is 3.19. The van der Waals surface area contributed by atoms with Gasteiger partial charge in [-0.05, 0) is 25.1 Å². The van der Waals surface area contributed by atoms with Gasteiger partial charge in [-0.2, -0.15) is 13.2 Å². The largest absolute Gasteiger partial charge is 0.456 e. The number of hydrogen-bond donors (Lipinski definition) is 1. The van der Waals surface area contributed by atoms with Gasteiger partial charge in [-0.3, -0.25) is 9.59 Å². The number of ether oxygens (including phenoxy) is 2. The average molecular weight is 495 g/mol. The van der Waals surface area contributed by atoms with E-state index in [1.165, 1.54) is 9.80 Å². The van der Waals surface area contributed by atoms with E-state index in [0.29, 0.717) is 6.07 Å². The monoisotopic (exact) mass is 495 g/mol. The van der Waals surface area contributed by atoms with Gasteiger partial charge in [0.25, 0.3) is 5.91 Å². The fraction of sp³-hybridized carbons (Fsp3) is 0.526. The molecule has 1 aliphatic rings. The van der Waals surface area contributed by atoms with Gasteiger partial charge in [-0.25, -0.2) is 17.9 Å². The Kier molecular flexibility index (Phi) is 9.05. The normalized spacial score (nSPS) is 14.7. The second-order valence-corrected chi connectivity index (χ2v) is 8.67. The Balaban J connectivity index is 1.74. The van der Waals surface area contributed by atoms with Gasteiger partial charge in [-0.1, -0.05) is 6.07 Å². The first-order valence-corrected chi connectivity index (χ1v) is 11.4. The summed E-state index contributed by atoms with van der Waals surface area (Å²) in [6.07, 6.45) is -5.60. The maximum Gasteiger partial charge on any atom is 0.416 e. The van der Waals surface area contributed by atoms with Crippen LogP contribution in [0.5, 0.6) is 0 Å². The highest BCUT2D eigenvalue weighted by Gasteiger charge is 2.31. The minimum Gasteiger partial charge on any atom is -0.456 e. The molecule has 1 saturated heterocycles. The van der Waals surface area contributed by atoms with E-state index in [0.717, 1.165) is 18.2 Å². The van der Waals surface area contributed by atoms with E-state index in [1.807, 2.05) is 4.72 Å². The van der Waals surface area contributed by atoms with Crippen LogP contribution in [-0.2, 0) is 35.3 Å². The third-order valence-corrected chi connectivity index (χ3v) is 6.07. The quantitative estimate of drug-likeness (QED) is 0.538. The van der Waals surface area contributed by atoms with Crippen LogP contribution in [0, 0.1) is 0 Å². The number of alkyl halides is 3. The van der Waals surface area contributed by atoms with Crippen molar-refractivity contribution < 1.29 is 45.4 Å². The van der Waals surface area contributed by atoms with Crippen LogP contribution in [-0.4, -0.2) is 82.1 Å². The SMILES string of the molecule is CCOC(=O)N1CCN(C(=O)COC(=O)CCNS(=O)(=O)c2cccc(C(F)(F)F)c2)CC1. The third-order valence-electron chi connectivity index (χ3n) is 4.61. The van der Waals surface area contributed by atoms with Crippen molar-refractivity contribution in [3.05, 3.63) is 29.8 Å². The van der Waals surface area contributed by atoms with E-state index in [-0.39, 0.29) is 32.8 Å². The molecule has 1 heterocycles. The van der Waals surface area contributed by atoms with E-state index >= 15 is 0 Å². The van der Waals surface area contributed by atoms with Crippen molar-refractivity contribution in [2.45, 2.75) is 24.4 Å². The van der Waals surface area contributed by atoms with E-state index in [1.54, 1.807) is 6.92 Å². The predicted molar refractivity (Wildman–Crippen MR) is 107 cm³/mol. The van der Waals surface area contributed by atoms with Crippen LogP contribution in [0.15, 0.2) is 29.2 Å². The lowest BCUT2D eigenvalue weighted by Gasteiger charge is -2.33. The highest BCUT2D eigenvalue weighted by atomic mass is 32.2. The number of sulfonamides is 1. The molecule has 0 aromatic heterocycles. The molecule has 0 saturated carbocycles. The summed E-state index contributed by atoms with van der Waals surface area (Å²) in [6.45, 7) is 1.97. The smallest absolute Gasteiger partial charge is 0.416 e. The molecule has 184 valence electrons. The number of rotatable bonds is 8. The second kappa shape index (κ2) is 11.3. The first-order valence-electron chi connectivity index (χ1n) is 9.96. The summed E-state index contributed by atoms with van der Waals surface area (Å²) in [5.74, 6) is -1.34. The van der Waals surface area contributed by atoms with E-state index in [4.69, 9.17) is 9.47 Å². The van der Waals surface area contributed by atoms with Crippen LogP contribution >= 0.6 is 0 Å². The van der Waals surface area contributed by atoms with Crippen molar-refractivity contribution >= 4 is 28.0 Å². The summed E-state index contributed by atoms with van der Waals surface area (Å²) in [5.41, 5.74) is -1.12. The molecule has 1 fully saturated rings. The summed E-state index contributed by atoms with van der Waals surface area (Å²) in [5, 5.41) is 0.